The number of nitrogens with zero attached hydrogens (tertiary/aromatic N) is 3. The smallest absolute Gasteiger partial charge is 0.287 e. The normalized spacial score (nSPS) is 25.7. The topological polar surface area (TPSA) is 68.6 Å². The minimum absolute atomic E-state index is 0.127. The van der Waals surface area contributed by atoms with Gasteiger partial charge in [0.1, 0.15) is 5.02 Å². The number of hydrogen-bond donors (Lipinski definition) is 1. The first-order valence-electron chi connectivity index (χ1n) is 10.6. The van der Waals surface area contributed by atoms with Gasteiger partial charge < -0.3 is 19.7 Å². The molecular weight excluding hydrogens is 380 g/mol. The van der Waals surface area contributed by atoms with E-state index in [4.69, 9.17) is 21.1 Å². The molecule has 0 aromatic carbocycles. The molecule has 1 aromatic heterocycles. The number of ether oxygens (including phenoxy) is 2. The Morgan fingerprint density at radius 1 is 1.07 bits per heavy atom. The van der Waals surface area contributed by atoms with Crippen LogP contribution in [0.3, 0.4) is 0 Å². The maximum absolute atomic E-state index is 12.8. The lowest BCUT2D eigenvalue weighted by Gasteiger charge is -2.39. The second-order valence-corrected chi connectivity index (χ2v) is 8.57. The van der Waals surface area contributed by atoms with Crippen LogP contribution in [0.1, 0.15) is 44.6 Å². The van der Waals surface area contributed by atoms with Crippen molar-refractivity contribution in [3.8, 4) is 0 Å². The molecule has 156 valence electrons. The van der Waals surface area contributed by atoms with Gasteiger partial charge in [-0.05, 0) is 44.4 Å². The van der Waals surface area contributed by atoms with Crippen molar-refractivity contribution in [2.75, 3.05) is 51.4 Å². The fraction of sp³-hybridized carbons (Fsp3) is 0.800. The van der Waals surface area contributed by atoms with E-state index in [1.165, 1.54) is 0 Å². The Bertz CT molecular complexity index is 693. The summed E-state index contributed by atoms with van der Waals surface area (Å²) in [5.74, 6) is 0.460. The second kappa shape index (κ2) is 9.57. The molecular formula is C20H31ClN4O3. The molecule has 0 aliphatic carbocycles. The Morgan fingerprint density at radius 3 is 2.57 bits per heavy atom. The Kier molecular flexibility index (Phi) is 6.88. The van der Waals surface area contributed by atoms with Gasteiger partial charge in [-0.1, -0.05) is 11.6 Å². The van der Waals surface area contributed by atoms with Gasteiger partial charge in [-0.25, -0.2) is 4.68 Å². The standard InChI is InChI=1S/C20H31ClN4O3/c21-19-18(22-12-15-2-1-9-28-14-15)13-23-25(20(19)26)17-3-7-24(8-4-17)16-5-10-27-11-6-16/h13,15-17,22H,1-12,14H2. The lowest BCUT2D eigenvalue weighted by atomic mass is 10.00. The largest absolute Gasteiger partial charge is 0.382 e. The van der Waals surface area contributed by atoms with Gasteiger partial charge in [0, 0.05) is 45.5 Å². The van der Waals surface area contributed by atoms with Gasteiger partial charge in [-0.3, -0.25) is 4.79 Å². The highest BCUT2D eigenvalue weighted by molar-refractivity contribution is 6.32. The highest BCUT2D eigenvalue weighted by Gasteiger charge is 2.28. The summed E-state index contributed by atoms with van der Waals surface area (Å²) in [4.78, 5) is 15.3. The Morgan fingerprint density at radius 2 is 1.86 bits per heavy atom. The fourth-order valence-corrected chi connectivity index (χ4v) is 4.80. The van der Waals surface area contributed by atoms with Gasteiger partial charge in [-0.2, -0.15) is 5.10 Å². The SMILES string of the molecule is O=c1c(Cl)c(NCC2CCCOC2)cnn1C1CCN(C2CCOCC2)CC1. The van der Waals surface area contributed by atoms with E-state index < -0.39 is 0 Å². The molecule has 3 fully saturated rings. The summed E-state index contributed by atoms with van der Waals surface area (Å²) in [7, 11) is 0. The predicted molar refractivity (Wildman–Crippen MR) is 109 cm³/mol. The van der Waals surface area contributed by atoms with Crippen LogP contribution >= 0.6 is 11.6 Å². The molecule has 0 saturated carbocycles. The van der Waals surface area contributed by atoms with Crippen LogP contribution in [-0.2, 0) is 9.47 Å². The summed E-state index contributed by atoms with van der Waals surface area (Å²) < 4.78 is 12.6. The molecule has 3 aliphatic heterocycles. The molecule has 0 amide bonds. The minimum atomic E-state index is -0.184. The van der Waals surface area contributed by atoms with Crippen LogP contribution in [0.2, 0.25) is 5.02 Å². The van der Waals surface area contributed by atoms with Crippen molar-refractivity contribution in [1.29, 1.82) is 0 Å². The number of hydrogen-bond acceptors (Lipinski definition) is 6. The summed E-state index contributed by atoms with van der Waals surface area (Å²) in [5, 5.41) is 8.00. The molecule has 0 spiro atoms. The third kappa shape index (κ3) is 4.70. The van der Waals surface area contributed by atoms with E-state index in [-0.39, 0.29) is 16.6 Å². The summed E-state index contributed by atoms with van der Waals surface area (Å²) in [6.45, 7) is 6.11. The monoisotopic (exact) mass is 410 g/mol. The van der Waals surface area contributed by atoms with Crippen LogP contribution in [0, 0.1) is 5.92 Å². The molecule has 1 N–H and O–H groups in total. The van der Waals surface area contributed by atoms with Gasteiger partial charge in [0.2, 0.25) is 0 Å². The average Bonchev–Trinajstić information content (AvgIpc) is 2.76. The number of aromatic nitrogens is 2. The Labute approximate surface area is 171 Å². The van der Waals surface area contributed by atoms with Crippen LogP contribution in [0.15, 0.2) is 11.0 Å². The first-order chi connectivity index (χ1) is 13.7. The fourth-order valence-electron chi connectivity index (χ4n) is 4.60. The number of anilines is 1. The van der Waals surface area contributed by atoms with Crippen molar-refractivity contribution >= 4 is 17.3 Å². The average molecular weight is 411 g/mol. The zero-order valence-corrected chi connectivity index (χ0v) is 17.2. The Hall–Kier alpha value is -1.15. The van der Waals surface area contributed by atoms with Crippen LogP contribution in [0.25, 0.3) is 0 Å². The third-order valence-corrected chi connectivity index (χ3v) is 6.70. The van der Waals surface area contributed by atoms with Crippen molar-refractivity contribution in [3.05, 3.63) is 21.6 Å². The Balaban J connectivity index is 1.34. The maximum Gasteiger partial charge on any atom is 0.287 e. The summed E-state index contributed by atoms with van der Waals surface area (Å²) in [6, 6.07) is 0.750. The highest BCUT2D eigenvalue weighted by Crippen LogP contribution is 2.26. The van der Waals surface area contributed by atoms with Gasteiger partial charge in [-0.15, -0.1) is 0 Å². The first kappa shape index (κ1) is 20.1. The minimum Gasteiger partial charge on any atom is -0.382 e. The third-order valence-electron chi connectivity index (χ3n) is 6.33. The van der Waals surface area contributed by atoms with Crippen LogP contribution < -0.4 is 10.9 Å². The molecule has 1 atom stereocenters. The highest BCUT2D eigenvalue weighted by atomic mass is 35.5. The summed E-state index contributed by atoms with van der Waals surface area (Å²) in [6.07, 6.45) is 8.04. The molecule has 3 saturated heterocycles. The maximum atomic E-state index is 12.8. The van der Waals surface area contributed by atoms with Crippen LogP contribution in [-0.4, -0.2) is 66.8 Å². The predicted octanol–water partition coefficient (Wildman–Crippen LogP) is 2.55. The zero-order valence-electron chi connectivity index (χ0n) is 16.4. The van der Waals surface area contributed by atoms with E-state index in [2.05, 4.69) is 15.3 Å². The number of rotatable bonds is 5. The van der Waals surface area contributed by atoms with E-state index in [0.29, 0.717) is 17.6 Å². The van der Waals surface area contributed by atoms with E-state index in [1.807, 2.05) is 0 Å². The first-order valence-corrected chi connectivity index (χ1v) is 11.0. The molecule has 3 aliphatic rings. The lowest BCUT2D eigenvalue weighted by molar-refractivity contribution is 0.0209. The van der Waals surface area contributed by atoms with Crippen molar-refractivity contribution in [2.45, 2.75) is 50.6 Å². The van der Waals surface area contributed by atoms with Gasteiger partial charge in [0.15, 0.2) is 0 Å². The summed E-state index contributed by atoms with van der Waals surface area (Å²) in [5.41, 5.74) is 0.448. The van der Waals surface area contributed by atoms with Gasteiger partial charge in [0.25, 0.3) is 5.56 Å². The molecule has 1 unspecified atom stereocenters. The van der Waals surface area contributed by atoms with Gasteiger partial charge >= 0.3 is 0 Å². The lowest BCUT2D eigenvalue weighted by Crippen LogP contribution is -2.45. The van der Waals surface area contributed by atoms with Crippen molar-refractivity contribution < 1.29 is 9.47 Å². The van der Waals surface area contributed by atoms with E-state index >= 15 is 0 Å². The van der Waals surface area contributed by atoms with Crippen molar-refractivity contribution in [3.63, 3.8) is 0 Å². The van der Waals surface area contributed by atoms with Crippen molar-refractivity contribution in [2.24, 2.45) is 5.92 Å². The number of piperidine rings is 1. The van der Waals surface area contributed by atoms with Crippen LogP contribution in [0.4, 0.5) is 5.69 Å². The number of likely N-dealkylation sites (tertiary alicyclic amines) is 1. The van der Waals surface area contributed by atoms with E-state index in [1.54, 1.807) is 10.9 Å². The van der Waals surface area contributed by atoms with Crippen molar-refractivity contribution in [1.82, 2.24) is 14.7 Å². The summed E-state index contributed by atoms with van der Waals surface area (Å²) >= 11 is 6.39. The molecule has 1 aromatic rings. The van der Waals surface area contributed by atoms with Crippen LogP contribution in [0.5, 0.6) is 0 Å². The second-order valence-electron chi connectivity index (χ2n) is 8.20. The molecule has 0 bridgehead atoms. The molecule has 7 nitrogen and oxygen atoms in total. The zero-order chi connectivity index (χ0) is 19.3. The number of nitrogens with one attached hydrogen (secondary N) is 1. The quantitative estimate of drug-likeness (QED) is 0.804. The molecule has 28 heavy (non-hydrogen) atoms. The molecule has 4 rings (SSSR count). The molecule has 8 heteroatoms. The number of halogens is 1. The van der Waals surface area contributed by atoms with E-state index in [0.717, 1.165) is 84.6 Å². The van der Waals surface area contributed by atoms with Gasteiger partial charge in [0.05, 0.1) is 24.5 Å². The molecule has 4 heterocycles. The van der Waals surface area contributed by atoms with E-state index in [9.17, 15) is 4.79 Å². The molecule has 0 radical (unpaired) electrons.